The maximum Gasteiger partial charge on any atom is 0.422 e. The van der Waals surface area contributed by atoms with E-state index in [1.165, 1.54) is 18.5 Å². The van der Waals surface area contributed by atoms with Crippen molar-refractivity contribution in [1.29, 1.82) is 0 Å². The predicted molar refractivity (Wildman–Crippen MR) is 50.0 cm³/mol. The normalized spacial score (nSPS) is 11.0. The number of anilines is 1. The lowest BCUT2D eigenvalue weighted by atomic mass is 10.3. The van der Waals surface area contributed by atoms with Crippen molar-refractivity contribution < 1.29 is 22.7 Å². The van der Waals surface area contributed by atoms with Gasteiger partial charge in [0, 0.05) is 18.1 Å². The van der Waals surface area contributed by atoms with Crippen LogP contribution < -0.4 is 5.32 Å². The van der Waals surface area contributed by atoms with Gasteiger partial charge in [0.05, 0.1) is 0 Å². The molecule has 0 aliphatic heterocycles. The van der Waals surface area contributed by atoms with Crippen LogP contribution >= 0.6 is 0 Å². The molecule has 0 atom stereocenters. The summed E-state index contributed by atoms with van der Waals surface area (Å²) >= 11 is 0. The van der Waals surface area contributed by atoms with E-state index in [1.807, 2.05) is 0 Å². The van der Waals surface area contributed by atoms with Gasteiger partial charge >= 0.3 is 12.3 Å². The first-order valence-corrected chi connectivity index (χ1v) is 4.29. The molecular weight excluding hydrogens is 225 g/mol. The molecule has 1 amide bonds. The van der Waals surface area contributed by atoms with E-state index in [2.05, 4.69) is 15.0 Å². The van der Waals surface area contributed by atoms with E-state index in [9.17, 15) is 18.0 Å². The van der Waals surface area contributed by atoms with Crippen LogP contribution in [0.25, 0.3) is 0 Å². The van der Waals surface area contributed by atoms with Gasteiger partial charge in [-0.1, -0.05) is 0 Å². The number of alkyl halides is 3. The summed E-state index contributed by atoms with van der Waals surface area (Å²) in [5, 5.41) is 2.18. The molecule has 0 aliphatic rings. The molecule has 4 nitrogen and oxygen atoms in total. The smallest absolute Gasteiger partial charge is 0.422 e. The first kappa shape index (κ1) is 12.3. The fourth-order valence-corrected chi connectivity index (χ4v) is 0.907. The highest BCUT2D eigenvalue weighted by Crippen LogP contribution is 2.16. The van der Waals surface area contributed by atoms with Crippen LogP contribution in [-0.4, -0.2) is 23.9 Å². The summed E-state index contributed by atoms with van der Waals surface area (Å²) in [6.07, 6.45) is -2.79. The topological polar surface area (TPSA) is 51.2 Å². The van der Waals surface area contributed by atoms with Gasteiger partial charge in [-0.3, -0.25) is 10.3 Å². The molecule has 0 saturated carbocycles. The van der Waals surface area contributed by atoms with Crippen LogP contribution in [0.1, 0.15) is 5.56 Å². The first-order valence-electron chi connectivity index (χ1n) is 4.29. The summed E-state index contributed by atoms with van der Waals surface area (Å²) in [5.41, 5.74) is 0.994. The number of carbonyl (C=O) groups is 1. The average molecular weight is 234 g/mol. The van der Waals surface area contributed by atoms with Crippen molar-refractivity contribution >= 4 is 11.8 Å². The van der Waals surface area contributed by atoms with Crippen LogP contribution in [0.15, 0.2) is 18.5 Å². The fraction of sp³-hybridized carbons (Fsp3) is 0.333. The largest absolute Gasteiger partial charge is 0.440 e. The van der Waals surface area contributed by atoms with Gasteiger partial charge < -0.3 is 4.74 Å². The Balaban J connectivity index is 2.50. The minimum Gasteiger partial charge on any atom is -0.440 e. The Morgan fingerprint density at radius 2 is 2.25 bits per heavy atom. The molecule has 1 heterocycles. The molecule has 0 bridgehead atoms. The number of hydrogen-bond donors (Lipinski definition) is 1. The third-order valence-corrected chi connectivity index (χ3v) is 1.62. The summed E-state index contributed by atoms with van der Waals surface area (Å²) in [5.74, 6) is 0. The molecule has 0 spiro atoms. The van der Waals surface area contributed by atoms with Crippen LogP contribution in [-0.2, 0) is 4.74 Å². The Labute approximate surface area is 89.4 Å². The second kappa shape index (κ2) is 4.82. The summed E-state index contributed by atoms with van der Waals surface area (Å²) in [6, 6.07) is 1.46. The number of pyridine rings is 1. The van der Waals surface area contributed by atoms with Crippen molar-refractivity contribution in [3.63, 3.8) is 0 Å². The number of nitrogens with zero attached hydrogens (tertiary/aromatic N) is 1. The number of hydrogen-bond acceptors (Lipinski definition) is 3. The van der Waals surface area contributed by atoms with Gasteiger partial charge in [-0.05, 0) is 18.6 Å². The van der Waals surface area contributed by atoms with Crippen molar-refractivity contribution in [2.75, 3.05) is 11.9 Å². The number of amides is 1. The Morgan fingerprint density at radius 3 is 2.81 bits per heavy atom. The van der Waals surface area contributed by atoms with E-state index in [0.717, 1.165) is 0 Å². The molecule has 0 saturated heterocycles. The van der Waals surface area contributed by atoms with E-state index in [0.29, 0.717) is 11.3 Å². The minimum atomic E-state index is -4.52. The van der Waals surface area contributed by atoms with Gasteiger partial charge in [-0.2, -0.15) is 13.2 Å². The van der Waals surface area contributed by atoms with Gasteiger partial charge in [-0.15, -0.1) is 0 Å². The highest BCUT2D eigenvalue weighted by molar-refractivity contribution is 5.85. The van der Waals surface area contributed by atoms with Gasteiger partial charge in [0.15, 0.2) is 6.61 Å². The highest BCUT2D eigenvalue weighted by Gasteiger charge is 2.29. The fourth-order valence-electron chi connectivity index (χ4n) is 0.907. The molecule has 7 heteroatoms. The second-order valence-electron chi connectivity index (χ2n) is 3.01. The third kappa shape index (κ3) is 4.16. The second-order valence-corrected chi connectivity index (χ2v) is 3.01. The van der Waals surface area contributed by atoms with Gasteiger partial charge in [0.25, 0.3) is 0 Å². The number of aromatic nitrogens is 1. The highest BCUT2D eigenvalue weighted by atomic mass is 19.4. The van der Waals surface area contributed by atoms with E-state index >= 15 is 0 Å². The molecule has 0 aliphatic carbocycles. The summed E-state index contributed by atoms with van der Waals surface area (Å²) in [7, 11) is 0. The standard InChI is InChI=1S/C9H9F3N2O2/c1-6-4-13-3-2-7(6)14-8(15)16-5-9(10,11)12/h2-4H,5H2,1H3,(H,13,14,15). The van der Waals surface area contributed by atoms with Crippen LogP contribution in [0.2, 0.25) is 0 Å². The molecule has 1 aromatic rings. The molecule has 1 aromatic heterocycles. The molecule has 0 aromatic carbocycles. The molecule has 1 N–H and O–H groups in total. The number of aryl methyl sites for hydroxylation is 1. The molecule has 1 rings (SSSR count). The molecule has 0 fully saturated rings. The third-order valence-electron chi connectivity index (χ3n) is 1.62. The lowest BCUT2D eigenvalue weighted by Crippen LogP contribution is -2.23. The van der Waals surface area contributed by atoms with E-state index in [4.69, 9.17) is 0 Å². The Morgan fingerprint density at radius 1 is 1.56 bits per heavy atom. The van der Waals surface area contributed by atoms with Crippen molar-refractivity contribution in [2.45, 2.75) is 13.1 Å². The maximum atomic E-state index is 11.7. The van der Waals surface area contributed by atoms with Crippen molar-refractivity contribution in [1.82, 2.24) is 4.98 Å². The first-order chi connectivity index (χ1) is 7.38. The zero-order valence-electron chi connectivity index (χ0n) is 8.34. The molecular formula is C9H9F3N2O2. The minimum absolute atomic E-state index is 0.363. The lowest BCUT2D eigenvalue weighted by Gasteiger charge is -2.10. The molecule has 88 valence electrons. The number of ether oxygens (including phenoxy) is 1. The Kier molecular flexibility index (Phi) is 3.70. The predicted octanol–water partition coefficient (Wildman–Crippen LogP) is 2.50. The molecule has 0 radical (unpaired) electrons. The monoisotopic (exact) mass is 234 g/mol. The zero-order valence-corrected chi connectivity index (χ0v) is 8.34. The number of nitrogens with one attached hydrogen (secondary N) is 1. The SMILES string of the molecule is Cc1cnccc1NC(=O)OCC(F)(F)F. The van der Waals surface area contributed by atoms with Crippen molar-refractivity contribution in [2.24, 2.45) is 0 Å². The van der Waals surface area contributed by atoms with E-state index in [1.54, 1.807) is 6.92 Å². The number of carbonyl (C=O) groups excluding carboxylic acids is 1. The van der Waals surface area contributed by atoms with Gasteiger partial charge in [-0.25, -0.2) is 4.79 Å². The van der Waals surface area contributed by atoms with Gasteiger partial charge in [0.1, 0.15) is 0 Å². The quantitative estimate of drug-likeness (QED) is 0.855. The van der Waals surface area contributed by atoms with E-state index in [-0.39, 0.29) is 0 Å². The Hall–Kier alpha value is -1.79. The van der Waals surface area contributed by atoms with Crippen LogP contribution in [0.3, 0.4) is 0 Å². The van der Waals surface area contributed by atoms with Crippen molar-refractivity contribution in [3.05, 3.63) is 24.0 Å². The molecule has 16 heavy (non-hydrogen) atoms. The van der Waals surface area contributed by atoms with Crippen molar-refractivity contribution in [3.8, 4) is 0 Å². The average Bonchev–Trinajstić information content (AvgIpc) is 2.18. The van der Waals surface area contributed by atoms with Crippen LogP contribution in [0.4, 0.5) is 23.7 Å². The Bertz CT molecular complexity index is 379. The van der Waals surface area contributed by atoms with Gasteiger partial charge in [0.2, 0.25) is 0 Å². The number of halogens is 3. The lowest BCUT2D eigenvalue weighted by molar-refractivity contribution is -0.159. The van der Waals surface area contributed by atoms with Crippen LogP contribution in [0.5, 0.6) is 0 Å². The summed E-state index contributed by atoms with van der Waals surface area (Å²) in [4.78, 5) is 14.7. The maximum absolute atomic E-state index is 11.7. The zero-order chi connectivity index (χ0) is 12.2. The van der Waals surface area contributed by atoms with Crippen LogP contribution in [0, 0.1) is 6.92 Å². The number of rotatable bonds is 2. The summed E-state index contributed by atoms with van der Waals surface area (Å²) < 4.78 is 39.1. The summed E-state index contributed by atoms with van der Waals surface area (Å²) in [6.45, 7) is 0.0509. The van der Waals surface area contributed by atoms with E-state index < -0.39 is 18.9 Å². The molecule has 0 unspecified atom stereocenters.